The fourth-order valence-corrected chi connectivity index (χ4v) is 2.80. The summed E-state index contributed by atoms with van der Waals surface area (Å²) in [4.78, 5) is 24.5. The molecule has 0 aliphatic rings. The molecule has 0 saturated carbocycles. The lowest BCUT2D eigenvalue weighted by atomic mass is 10.0. The van der Waals surface area contributed by atoms with Crippen molar-refractivity contribution in [3.63, 3.8) is 0 Å². The molecule has 4 heteroatoms. The minimum atomic E-state index is -0.546. The van der Waals surface area contributed by atoms with Crippen molar-refractivity contribution in [1.82, 2.24) is 5.32 Å². The number of carbonyl (C=O) groups excluding carboxylic acids is 2. The number of hydrogen-bond acceptors (Lipinski definition) is 3. The quantitative estimate of drug-likeness (QED) is 0.402. The smallest absolute Gasteiger partial charge is 0.331 e. The van der Waals surface area contributed by atoms with Crippen LogP contribution in [0.25, 0.3) is 6.08 Å². The Morgan fingerprint density at radius 3 is 2.45 bits per heavy atom. The zero-order valence-electron chi connectivity index (χ0n) is 17.4. The lowest BCUT2D eigenvalue weighted by Crippen LogP contribution is -2.25. The van der Waals surface area contributed by atoms with E-state index in [2.05, 4.69) is 11.9 Å². The second kappa shape index (κ2) is 10.4. The summed E-state index contributed by atoms with van der Waals surface area (Å²) in [5.74, 6) is -0.556. The van der Waals surface area contributed by atoms with Crippen LogP contribution in [0.1, 0.15) is 47.8 Å². The zero-order chi connectivity index (χ0) is 21.3. The van der Waals surface area contributed by atoms with Crippen LogP contribution in [0.3, 0.4) is 0 Å². The van der Waals surface area contributed by atoms with Crippen LogP contribution in [0, 0.1) is 0 Å². The van der Waals surface area contributed by atoms with E-state index in [9.17, 15) is 9.59 Å². The molecule has 4 nitrogen and oxygen atoms in total. The molecule has 0 fully saturated rings. The Morgan fingerprint density at radius 2 is 1.79 bits per heavy atom. The first-order valence-corrected chi connectivity index (χ1v) is 9.75. The standard InChI is InChI=1S/C25H29NO3/c1-5-9-20-16-21(12-13-23(27)29-25(2,3)4)18-22(17-20)24(28)26-15-14-19-10-7-6-8-11-19/h5-8,10-13,16-18H,1,9,14-15H2,2-4H3,(H,26,28)/b13-12+. The molecule has 29 heavy (non-hydrogen) atoms. The summed E-state index contributed by atoms with van der Waals surface area (Å²) in [5, 5.41) is 2.96. The Kier molecular flexibility index (Phi) is 7.96. The maximum Gasteiger partial charge on any atom is 0.331 e. The van der Waals surface area contributed by atoms with E-state index in [1.165, 1.54) is 11.6 Å². The van der Waals surface area contributed by atoms with Crippen molar-refractivity contribution in [1.29, 1.82) is 0 Å². The number of amides is 1. The number of benzene rings is 2. The van der Waals surface area contributed by atoms with Crippen LogP contribution in [-0.2, 0) is 22.4 Å². The van der Waals surface area contributed by atoms with Crippen LogP contribution in [0.5, 0.6) is 0 Å². The average Bonchev–Trinajstić information content (AvgIpc) is 2.66. The third kappa shape index (κ3) is 8.18. The molecule has 0 atom stereocenters. The lowest BCUT2D eigenvalue weighted by molar-refractivity contribution is -0.148. The summed E-state index contributed by atoms with van der Waals surface area (Å²) in [7, 11) is 0. The van der Waals surface area contributed by atoms with Crippen LogP contribution in [0.15, 0.2) is 67.3 Å². The molecule has 0 aliphatic heterocycles. The monoisotopic (exact) mass is 391 g/mol. The second-order valence-electron chi connectivity index (χ2n) is 7.81. The van der Waals surface area contributed by atoms with E-state index in [0.717, 1.165) is 17.5 Å². The molecule has 152 valence electrons. The van der Waals surface area contributed by atoms with Gasteiger partial charge in [0.1, 0.15) is 5.60 Å². The molecular formula is C25H29NO3. The summed E-state index contributed by atoms with van der Waals surface area (Å²) >= 11 is 0. The maximum absolute atomic E-state index is 12.6. The van der Waals surface area contributed by atoms with Crippen molar-refractivity contribution < 1.29 is 14.3 Å². The number of carbonyl (C=O) groups is 2. The molecule has 2 aromatic carbocycles. The highest BCUT2D eigenvalue weighted by molar-refractivity contribution is 5.95. The van der Waals surface area contributed by atoms with E-state index in [-0.39, 0.29) is 5.91 Å². The van der Waals surface area contributed by atoms with Gasteiger partial charge in [0.2, 0.25) is 0 Å². The first kappa shape index (κ1) is 22.2. The van der Waals surface area contributed by atoms with Gasteiger partial charge in [-0.25, -0.2) is 4.79 Å². The molecule has 0 aromatic heterocycles. The molecule has 2 rings (SSSR count). The number of rotatable bonds is 8. The number of ether oxygens (including phenoxy) is 1. The molecule has 0 bridgehead atoms. The number of nitrogens with one attached hydrogen (secondary N) is 1. The third-order valence-electron chi connectivity index (χ3n) is 4.02. The van der Waals surface area contributed by atoms with E-state index in [4.69, 9.17) is 4.74 Å². The Balaban J connectivity index is 2.08. The van der Waals surface area contributed by atoms with Crippen molar-refractivity contribution in [3.8, 4) is 0 Å². The van der Waals surface area contributed by atoms with Gasteiger partial charge in [-0.15, -0.1) is 6.58 Å². The summed E-state index contributed by atoms with van der Waals surface area (Å²) in [6.45, 7) is 9.78. The highest BCUT2D eigenvalue weighted by atomic mass is 16.6. The molecule has 1 amide bonds. The van der Waals surface area contributed by atoms with Crippen molar-refractivity contribution >= 4 is 18.0 Å². The first-order chi connectivity index (χ1) is 13.8. The highest BCUT2D eigenvalue weighted by Crippen LogP contribution is 2.15. The minimum absolute atomic E-state index is 0.140. The van der Waals surface area contributed by atoms with E-state index >= 15 is 0 Å². The highest BCUT2D eigenvalue weighted by Gasteiger charge is 2.14. The topological polar surface area (TPSA) is 55.4 Å². The summed E-state index contributed by atoms with van der Waals surface area (Å²) in [5.41, 5.74) is 2.91. The summed E-state index contributed by atoms with van der Waals surface area (Å²) in [6.07, 6.45) is 6.24. The molecule has 1 N–H and O–H groups in total. The SMILES string of the molecule is C=CCc1cc(/C=C/C(=O)OC(C)(C)C)cc(C(=O)NCCc2ccccc2)c1. The molecule has 2 aromatic rings. The van der Waals surface area contributed by atoms with Gasteiger partial charge in [0.15, 0.2) is 0 Å². The molecule has 0 spiro atoms. The third-order valence-corrected chi connectivity index (χ3v) is 4.02. The van der Waals surface area contributed by atoms with Gasteiger partial charge in [0, 0.05) is 18.2 Å². The van der Waals surface area contributed by atoms with E-state index in [0.29, 0.717) is 18.5 Å². The van der Waals surface area contributed by atoms with Crippen molar-refractivity contribution in [2.45, 2.75) is 39.2 Å². The molecular weight excluding hydrogens is 362 g/mol. The Hall–Kier alpha value is -3.14. The van der Waals surface area contributed by atoms with Crippen molar-refractivity contribution in [3.05, 3.63) is 89.5 Å². The van der Waals surface area contributed by atoms with Crippen LogP contribution in [0.2, 0.25) is 0 Å². The van der Waals surface area contributed by atoms with Gasteiger partial charge in [0.25, 0.3) is 5.91 Å². The summed E-state index contributed by atoms with van der Waals surface area (Å²) in [6, 6.07) is 15.6. The van der Waals surface area contributed by atoms with Gasteiger partial charge < -0.3 is 10.1 Å². The van der Waals surface area contributed by atoms with Crippen molar-refractivity contribution in [2.24, 2.45) is 0 Å². The van der Waals surface area contributed by atoms with Gasteiger partial charge in [-0.2, -0.15) is 0 Å². The molecule has 0 aliphatic carbocycles. The second-order valence-corrected chi connectivity index (χ2v) is 7.81. The normalized spacial score (nSPS) is 11.3. The van der Waals surface area contributed by atoms with Crippen LogP contribution in [-0.4, -0.2) is 24.0 Å². The molecule has 0 saturated heterocycles. The van der Waals surface area contributed by atoms with E-state index in [1.807, 2.05) is 63.2 Å². The van der Waals surface area contributed by atoms with Crippen molar-refractivity contribution in [2.75, 3.05) is 6.54 Å². The summed E-state index contributed by atoms with van der Waals surface area (Å²) < 4.78 is 5.29. The fraction of sp³-hybridized carbons (Fsp3) is 0.280. The average molecular weight is 392 g/mol. The van der Waals surface area contributed by atoms with E-state index < -0.39 is 11.6 Å². The largest absolute Gasteiger partial charge is 0.457 e. The zero-order valence-corrected chi connectivity index (χ0v) is 17.4. The van der Waals surface area contributed by atoms with Gasteiger partial charge in [0.05, 0.1) is 0 Å². The van der Waals surface area contributed by atoms with Gasteiger partial charge in [-0.3, -0.25) is 4.79 Å². The molecule has 0 unspecified atom stereocenters. The van der Waals surface area contributed by atoms with E-state index in [1.54, 1.807) is 18.2 Å². The number of esters is 1. The molecule has 0 radical (unpaired) electrons. The van der Waals surface area contributed by atoms with Gasteiger partial charge in [-0.05, 0) is 68.5 Å². The lowest BCUT2D eigenvalue weighted by Gasteiger charge is -2.17. The first-order valence-electron chi connectivity index (χ1n) is 9.75. The Morgan fingerprint density at radius 1 is 1.07 bits per heavy atom. The van der Waals surface area contributed by atoms with Gasteiger partial charge >= 0.3 is 5.97 Å². The van der Waals surface area contributed by atoms with Gasteiger partial charge in [-0.1, -0.05) is 42.5 Å². The maximum atomic E-state index is 12.6. The molecule has 0 heterocycles. The number of hydrogen-bond donors (Lipinski definition) is 1. The minimum Gasteiger partial charge on any atom is -0.457 e. The Labute approximate surface area is 173 Å². The Bertz CT molecular complexity index is 877. The van der Waals surface area contributed by atoms with Crippen LogP contribution in [0.4, 0.5) is 0 Å². The predicted molar refractivity (Wildman–Crippen MR) is 118 cm³/mol. The predicted octanol–water partition coefficient (Wildman–Crippen LogP) is 4.74. The van der Waals surface area contributed by atoms with Crippen LogP contribution < -0.4 is 5.32 Å². The fourth-order valence-electron chi connectivity index (χ4n) is 2.80. The van der Waals surface area contributed by atoms with Crippen LogP contribution >= 0.6 is 0 Å². The number of allylic oxidation sites excluding steroid dienone is 1.